The molecule has 11 heavy (non-hydrogen) atoms. The second-order valence-corrected chi connectivity index (χ2v) is 2.49. The normalized spacial score (nSPS) is 8.45. The molecule has 1 rings (SSSR count). The summed E-state index contributed by atoms with van der Waals surface area (Å²) in [6.45, 7) is 1.90. The van der Waals surface area contributed by atoms with E-state index in [-0.39, 0.29) is 7.43 Å². The quantitative estimate of drug-likeness (QED) is 0.648. The van der Waals surface area contributed by atoms with Crippen LogP contribution in [0.4, 0.5) is 0 Å². The lowest BCUT2D eigenvalue weighted by Gasteiger charge is -1.96. The molecule has 0 unspecified atom stereocenters. The van der Waals surface area contributed by atoms with Crippen LogP contribution in [0, 0.1) is 6.92 Å². The Labute approximate surface area is 72.5 Å². The zero-order chi connectivity index (χ0) is 7.56. The molecule has 3 heteroatoms. The van der Waals surface area contributed by atoms with Crippen LogP contribution in [0.2, 0.25) is 0 Å². The van der Waals surface area contributed by atoms with Gasteiger partial charge in [0.2, 0.25) is 0 Å². The second-order valence-electron chi connectivity index (χ2n) is 2.05. The molecular weight excluding hydrogens is 156 g/mol. The van der Waals surface area contributed by atoms with Gasteiger partial charge in [0.1, 0.15) is 4.99 Å². The smallest absolute Gasteiger partial charge is 0.104 e. The van der Waals surface area contributed by atoms with Crippen LogP contribution in [-0.4, -0.2) is 9.97 Å². The summed E-state index contributed by atoms with van der Waals surface area (Å²) >= 11 is 4.77. The van der Waals surface area contributed by atoms with Crippen molar-refractivity contribution >= 4 is 17.2 Å². The zero-order valence-electron chi connectivity index (χ0n) is 5.66. The molecule has 1 heterocycles. The number of hydrogen-bond acceptors (Lipinski definition) is 2. The Morgan fingerprint density at radius 1 is 1.64 bits per heavy atom. The van der Waals surface area contributed by atoms with Crippen molar-refractivity contribution in [1.82, 2.24) is 4.98 Å². The van der Waals surface area contributed by atoms with Crippen molar-refractivity contribution in [1.29, 1.82) is 0 Å². The number of pyridine rings is 1. The van der Waals surface area contributed by atoms with Gasteiger partial charge >= 0.3 is 0 Å². The van der Waals surface area contributed by atoms with Gasteiger partial charge in [-0.3, -0.25) is 4.98 Å². The number of aromatic nitrogens is 1. The Bertz CT molecular complexity index is 258. The average molecular weight is 168 g/mol. The number of nitrogens with zero attached hydrogens (tertiary/aromatic N) is 1. The molecule has 0 amide bonds. The van der Waals surface area contributed by atoms with Crippen LogP contribution in [0.1, 0.15) is 18.7 Å². The highest BCUT2D eigenvalue weighted by molar-refractivity contribution is 7.80. The summed E-state index contributed by atoms with van der Waals surface area (Å²) in [5, 5.41) is 0. The Balaban J connectivity index is 0.000001000. The van der Waals surface area contributed by atoms with E-state index in [1.54, 1.807) is 12.3 Å². The topological polar surface area (TPSA) is 38.9 Å². The van der Waals surface area contributed by atoms with Gasteiger partial charge in [-0.25, -0.2) is 0 Å². The van der Waals surface area contributed by atoms with Crippen LogP contribution in [0.3, 0.4) is 0 Å². The van der Waals surface area contributed by atoms with Crippen molar-refractivity contribution in [3.8, 4) is 0 Å². The van der Waals surface area contributed by atoms with Gasteiger partial charge in [-0.05, 0) is 19.1 Å². The average Bonchev–Trinajstić information content (AvgIpc) is 1.88. The fraction of sp³-hybridized carbons (Fsp3) is 0.250. The first-order valence-corrected chi connectivity index (χ1v) is 3.33. The molecule has 0 saturated heterocycles. The number of thiocarbonyl (C=S) groups is 1. The largest absolute Gasteiger partial charge is 0.389 e. The van der Waals surface area contributed by atoms with E-state index < -0.39 is 0 Å². The predicted molar refractivity (Wildman–Crippen MR) is 51.6 cm³/mol. The van der Waals surface area contributed by atoms with Gasteiger partial charge in [0.05, 0.1) is 0 Å². The third-order valence-electron chi connectivity index (χ3n) is 1.18. The van der Waals surface area contributed by atoms with Crippen LogP contribution in [0.25, 0.3) is 0 Å². The highest BCUT2D eigenvalue weighted by Crippen LogP contribution is 1.99. The first-order valence-electron chi connectivity index (χ1n) is 2.92. The standard InChI is InChI=1S/C7H8N2S.CH4/c1-5-4-6(7(8)10)2-3-9-5;/h2-4H,1H3,(H2,8,10);1H4. The maximum Gasteiger partial charge on any atom is 0.104 e. The Hall–Kier alpha value is -0.960. The molecule has 0 aliphatic heterocycles. The molecule has 60 valence electrons. The van der Waals surface area contributed by atoms with Gasteiger partial charge in [-0.2, -0.15) is 0 Å². The van der Waals surface area contributed by atoms with E-state index in [0.717, 1.165) is 11.3 Å². The van der Waals surface area contributed by atoms with Gasteiger partial charge in [-0.1, -0.05) is 19.6 Å². The van der Waals surface area contributed by atoms with Gasteiger partial charge in [0.15, 0.2) is 0 Å². The lowest BCUT2D eigenvalue weighted by Crippen LogP contribution is -2.09. The fourth-order valence-corrected chi connectivity index (χ4v) is 0.826. The van der Waals surface area contributed by atoms with E-state index in [1.165, 1.54) is 0 Å². The highest BCUT2D eigenvalue weighted by atomic mass is 32.1. The Morgan fingerprint density at radius 3 is 2.64 bits per heavy atom. The summed E-state index contributed by atoms with van der Waals surface area (Å²) < 4.78 is 0. The summed E-state index contributed by atoms with van der Waals surface area (Å²) in [6.07, 6.45) is 1.70. The third kappa shape index (κ3) is 2.63. The fourth-order valence-electron chi connectivity index (χ4n) is 0.699. The molecule has 0 aliphatic carbocycles. The van der Waals surface area contributed by atoms with Crippen LogP contribution in [0.15, 0.2) is 18.3 Å². The first kappa shape index (κ1) is 10.0. The van der Waals surface area contributed by atoms with E-state index in [4.69, 9.17) is 18.0 Å². The van der Waals surface area contributed by atoms with E-state index >= 15 is 0 Å². The molecule has 0 bridgehead atoms. The van der Waals surface area contributed by atoms with Crippen LogP contribution in [0.5, 0.6) is 0 Å². The van der Waals surface area contributed by atoms with Crippen molar-refractivity contribution in [3.05, 3.63) is 29.6 Å². The Morgan fingerprint density at radius 2 is 2.27 bits per heavy atom. The molecule has 0 saturated carbocycles. The second kappa shape index (κ2) is 4.03. The summed E-state index contributed by atoms with van der Waals surface area (Å²) in [5.41, 5.74) is 7.20. The monoisotopic (exact) mass is 168 g/mol. The van der Waals surface area contributed by atoms with Crippen molar-refractivity contribution in [2.24, 2.45) is 5.73 Å². The molecular formula is C8H12N2S. The lowest BCUT2D eigenvalue weighted by molar-refractivity contribution is 1.20. The van der Waals surface area contributed by atoms with Crippen LogP contribution in [-0.2, 0) is 0 Å². The third-order valence-corrected chi connectivity index (χ3v) is 1.42. The first-order chi connectivity index (χ1) is 4.70. The minimum Gasteiger partial charge on any atom is -0.389 e. The van der Waals surface area contributed by atoms with Crippen molar-refractivity contribution in [2.45, 2.75) is 14.4 Å². The van der Waals surface area contributed by atoms with Crippen molar-refractivity contribution in [3.63, 3.8) is 0 Å². The van der Waals surface area contributed by atoms with Crippen molar-refractivity contribution in [2.75, 3.05) is 0 Å². The molecule has 2 N–H and O–H groups in total. The van der Waals surface area contributed by atoms with Crippen LogP contribution < -0.4 is 5.73 Å². The number of rotatable bonds is 1. The summed E-state index contributed by atoms with van der Waals surface area (Å²) in [5.74, 6) is 0. The maximum atomic E-state index is 5.39. The number of nitrogens with two attached hydrogens (primary N) is 1. The van der Waals surface area contributed by atoms with E-state index in [1.807, 2.05) is 13.0 Å². The molecule has 1 aromatic rings. The molecule has 0 radical (unpaired) electrons. The molecule has 0 aliphatic rings. The molecule has 0 fully saturated rings. The Kier molecular flexibility index (Phi) is 3.68. The summed E-state index contributed by atoms with van der Waals surface area (Å²) in [6, 6.07) is 3.66. The minimum absolute atomic E-state index is 0. The highest BCUT2D eigenvalue weighted by Gasteiger charge is 1.93. The van der Waals surface area contributed by atoms with Gasteiger partial charge in [0.25, 0.3) is 0 Å². The van der Waals surface area contributed by atoms with Gasteiger partial charge in [0, 0.05) is 17.5 Å². The molecule has 0 atom stereocenters. The zero-order valence-corrected chi connectivity index (χ0v) is 6.48. The lowest BCUT2D eigenvalue weighted by atomic mass is 10.2. The predicted octanol–water partition coefficient (Wildman–Crippen LogP) is 1.66. The number of hydrogen-bond donors (Lipinski definition) is 1. The molecule has 0 aromatic carbocycles. The number of aryl methyl sites for hydroxylation is 1. The summed E-state index contributed by atoms with van der Waals surface area (Å²) in [4.78, 5) is 4.43. The van der Waals surface area contributed by atoms with Gasteiger partial charge < -0.3 is 5.73 Å². The maximum absolute atomic E-state index is 5.39. The van der Waals surface area contributed by atoms with Gasteiger partial charge in [-0.15, -0.1) is 0 Å². The van der Waals surface area contributed by atoms with E-state index in [0.29, 0.717) is 4.99 Å². The SMILES string of the molecule is C.Cc1cc(C(N)=S)ccn1. The van der Waals surface area contributed by atoms with Crippen molar-refractivity contribution < 1.29 is 0 Å². The molecule has 1 aromatic heterocycles. The molecule has 0 spiro atoms. The van der Waals surface area contributed by atoms with E-state index in [9.17, 15) is 0 Å². The molecule has 2 nitrogen and oxygen atoms in total. The van der Waals surface area contributed by atoms with E-state index in [2.05, 4.69) is 4.98 Å². The summed E-state index contributed by atoms with van der Waals surface area (Å²) in [7, 11) is 0. The minimum atomic E-state index is 0. The van der Waals surface area contributed by atoms with Crippen LogP contribution >= 0.6 is 12.2 Å².